The smallest absolute Gasteiger partial charge is 0.251 e. The highest BCUT2D eigenvalue weighted by Crippen LogP contribution is 2.13. The number of hydrogen-bond donors (Lipinski definition) is 2. The number of carboxylic acids is 1. The van der Waals surface area contributed by atoms with Gasteiger partial charge in [0.2, 0.25) is 0 Å². The van der Waals surface area contributed by atoms with E-state index in [1.165, 1.54) is 12.1 Å². The molecular weight excluding hydrogens is 274 g/mol. The second-order valence-electron chi connectivity index (χ2n) is 5.08. The largest absolute Gasteiger partial charge is 0.548 e. The normalized spacial score (nSPS) is 12.0. The SMILES string of the molecule is CC(C)CCOc1ccc(C(=O)N[C@@H](CO)C(=O)[O-])cc1. The Bertz CT molecular complexity index is 469. The van der Waals surface area contributed by atoms with Crippen LogP contribution in [0, 0.1) is 5.92 Å². The van der Waals surface area contributed by atoms with Crippen LogP contribution >= 0.6 is 0 Å². The molecule has 0 fully saturated rings. The zero-order valence-corrected chi connectivity index (χ0v) is 12.2. The summed E-state index contributed by atoms with van der Waals surface area (Å²) in [5.74, 6) is -0.924. The number of hydrogen-bond acceptors (Lipinski definition) is 5. The fourth-order valence-electron chi connectivity index (χ4n) is 1.54. The minimum absolute atomic E-state index is 0.283. The monoisotopic (exact) mass is 294 g/mol. The van der Waals surface area contributed by atoms with Gasteiger partial charge in [0.05, 0.1) is 25.2 Å². The number of nitrogens with one attached hydrogen (secondary N) is 1. The minimum Gasteiger partial charge on any atom is -0.548 e. The first-order valence-electron chi connectivity index (χ1n) is 6.79. The van der Waals surface area contributed by atoms with Gasteiger partial charge in [-0.3, -0.25) is 4.79 Å². The molecule has 0 radical (unpaired) electrons. The van der Waals surface area contributed by atoms with E-state index < -0.39 is 24.5 Å². The molecule has 1 aromatic rings. The van der Waals surface area contributed by atoms with Gasteiger partial charge in [-0.2, -0.15) is 0 Å². The molecule has 1 atom stereocenters. The van der Waals surface area contributed by atoms with Crippen molar-refractivity contribution in [3.05, 3.63) is 29.8 Å². The maximum Gasteiger partial charge on any atom is 0.251 e. The Balaban J connectivity index is 2.56. The number of carbonyl (C=O) groups excluding carboxylic acids is 2. The van der Waals surface area contributed by atoms with Gasteiger partial charge in [0.25, 0.3) is 5.91 Å². The van der Waals surface area contributed by atoms with E-state index in [0.717, 1.165) is 6.42 Å². The molecule has 1 aromatic carbocycles. The van der Waals surface area contributed by atoms with Crippen LogP contribution in [0.15, 0.2) is 24.3 Å². The molecule has 0 aliphatic heterocycles. The van der Waals surface area contributed by atoms with Gasteiger partial charge < -0.3 is 25.1 Å². The maximum absolute atomic E-state index is 11.8. The van der Waals surface area contributed by atoms with E-state index in [-0.39, 0.29) is 5.56 Å². The van der Waals surface area contributed by atoms with E-state index in [2.05, 4.69) is 19.2 Å². The van der Waals surface area contributed by atoms with Crippen LogP contribution in [0.5, 0.6) is 5.75 Å². The van der Waals surface area contributed by atoms with Gasteiger partial charge in [-0.15, -0.1) is 0 Å². The lowest BCUT2D eigenvalue weighted by Gasteiger charge is -2.17. The molecule has 0 aliphatic rings. The van der Waals surface area contributed by atoms with Crippen molar-refractivity contribution in [2.75, 3.05) is 13.2 Å². The quantitative estimate of drug-likeness (QED) is 0.700. The van der Waals surface area contributed by atoms with Gasteiger partial charge in [0.15, 0.2) is 0 Å². The highest BCUT2D eigenvalue weighted by Gasteiger charge is 2.13. The summed E-state index contributed by atoms with van der Waals surface area (Å²) in [6.45, 7) is 4.09. The summed E-state index contributed by atoms with van der Waals surface area (Å²) in [6, 6.07) is 4.93. The molecule has 2 N–H and O–H groups in total. The molecule has 0 spiro atoms. The molecule has 6 nitrogen and oxygen atoms in total. The standard InChI is InChI=1S/C15H21NO5/c1-10(2)7-8-21-12-5-3-11(4-6-12)14(18)16-13(9-17)15(19)20/h3-6,10,13,17H,7-9H2,1-2H3,(H,16,18)(H,19,20)/p-1/t13-/m0/s1. The van der Waals surface area contributed by atoms with Crippen LogP contribution in [0.3, 0.4) is 0 Å². The topological polar surface area (TPSA) is 98.7 Å². The van der Waals surface area contributed by atoms with Crippen molar-refractivity contribution < 1.29 is 24.5 Å². The van der Waals surface area contributed by atoms with Gasteiger partial charge in [-0.05, 0) is 36.6 Å². The summed E-state index contributed by atoms with van der Waals surface area (Å²) < 4.78 is 5.52. The lowest BCUT2D eigenvalue weighted by atomic mass is 10.1. The number of aliphatic hydroxyl groups is 1. The maximum atomic E-state index is 11.8. The van der Waals surface area contributed by atoms with Crippen LogP contribution < -0.4 is 15.2 Å². The van der Waals surface area contributed by atoms with Crippen molar-refractivity contribution in [3.63, 3.8) is 0 Å². The second kappa shape index (κ2) is 8.26. The van der Waals surface area contributed by atoms with Crippen molar-refractivity contribution in [3.8, 4) is 5.75 Å². The Hall–Kier alpha value is -2.08. The van der Waals surface area contributed by atoms with Crippen LogP contribution in [-0.2, 0) is 4.79 Å². The van der Waals surface area contributed by atoms with E-state index in [9.17, 15) is 14.7 Å². The summed E-state index contributed by atoms with van der Waals surface area (Å²) in [6.07, 6.45) is 0.937. The molecule has 0 saturated heterocycles. The molecule has 21 heavy (non-hydrogen) atoms. The first kappa shape index (κ1) is 17.0. The number of ether oxygens (including phenoxy) is 1. The van der Waals surface area contributed by atoms with Crippen LogP contribution in [0.4, 0.5) is 0 Å². The van der Waals surface area contributed by atoms with Crippen LogP contribution in [-0.4, -0.2) is 36.2 Å². The third-order valence-corrected chi connectivity index (χ3v) is 2.85. The predicted molar refractivity (Wildman–Crippen MR) is 74.7 cm³/mol. The van der Waals surface area contributed by atoms with Crippen molar-refractivity contribution in [2.45, 2.75) is 26.3 Å². The Morgan fingerprint density at radius 2 is 1.90 bits per heavy atom. The van der Waals surface area contributed by atoms with Gasteiger partial charge in [0.1, 0.15) is 5.75 Å². The first-order chi connectivity index (χ1) is 9.93. The lowest BCUT2D eigenvalue weighted by molar-refractivity contribution is -0.308. The highest BCUT2D eigenvalue weighted by atomic mass is 16.5. The van der Waals surface area contributed by atoms with E-state index >= 15 is 0 Å². The minimum atomic E-state index is -1.53. The van der Waals surface area contributed by atoms with Gasteiger partial charge in [-0.25, -0.2) is 0 Å². The van der Waals surface area contributed by atoms with E-state index in [1.54, 1.807) is 12.1 Å². The highest BCUT2D eigenvalue weighted by molar-refractivity contribution is 5.96. The molecule has 6 heteroatoms. The first-order valence-corrected chi connectivity index (χ1v) is 6.79. The average molecular weight is 294 g/mol. The number of aliphatic hydroxyl groups excluding tert-OH is 1. The van der Waals surface area contributed by atoms with Crippen molar-refractivity contribution in [1.29, 1.82) is 0 Å². The zero-order valence-electron chi connectivity index (χ0n) is 12.2. The third kappa shape index (κ3) is 5.83. The molecular formula is C15H20NO5-. The van der Waals surface area contributed by atoms with Crippen molar-refractivity contribution in [1.82, 2.24) is 5.32 Å². The molecule has 0 unspecified atom stereocenters. The van der Waals surface area contributed by atoms with Crippen molar-refractivity contribution >= 4 is 11.9 Å². The Morgan fingerprint density at radius 3 is 2.38 bits per heavy atom. The van der Waals surface area contributed by atoms with Gasteiger partial charge >= 0.3 is 0 Å². The molecule has 1 amide bonds. The number of carboxylic acid groups (broad SMARTS) is 1. The summed E-state index contributed by atoms with van der Waals surface area (Å²) >= 11 is 0. The van der Waals surface area contributed by atoms with Crippen LogP contribution in [0.25, 0.3) is 0 Å². The fourth-order valence-corrected chi connectivity index (χ4v) is 1.54. The summed E-state index contributed by atoms with van der Waals surface area (Å²) in [5.41, 5.74) is 0.283. The van der Waals surface area contributed by atoms with Crippen LogP contribution in [0.2, 0.25) is 0 Å². The van der Waals surface area contributed by atoms with Crippen molar-refractivity contribution in [2.24, 2.45) is 5.92 Å². The number of amides is 1. The lowest BCUT2D eigenvalue weighted by Crippen LogP contribution is -2.50. The molecule has 0 saturated carbocycles. The molecule has 0 heterocycles. The molecule has 0 aromatic heterocycles. The van der Waals surface area contributed by atoms with Gasteiger partial charge in [0, 0.05) is 5.56 Å². The Kier molecular flexibility index (Phi) is 6.68. The summed E-state index contributed by atoms with van der Waals surface area (Å²) in [7, 11) is 0. The zero-order chi connectivity index (χ0) is 15.8. The van der Waals surface area contributed by atoms with Gasteiger partial charge in [-0.1, -0.05) is 13.8 Å². The Morgan fingerprint density at radius 1 is 1.29 bits per heavy atom. The third-order valence-electron chi connectivity index (χ3n) is 2.85. The number of aliphatic carboxylic acids is 1. The van der Waals surface area contributed by atoms with E-state index in [0.29, 0.717) is 18.3 Å². The molecule has 0 bridgehead atoms. The average Bonchev–Trinajstić information content (AvgIpc) is 2.44. The number of benzene rings is 1. The van der Waals surface area contributed by atoms with Crippen LogP contribution in [0.1, 0.15) is 30.6 Å². The fraction of sp³-hybridized carbons (Fsp3) is 0.467. The van der Waals surface area contributed by atoms with E-state index in [1.807, 2.05) is 0 Å². The molecule has 116 valence electrons. The number of carbonyl (C=O) groups is 2. The summed E-state index contributed by atoms with van der Waals surface area (Å²) in [4.78, 5) is 22.4. The van der Waals surface area contributed by atoms with E-state index in [4.69, 9.17) is 9.84 Å². The predicted octanol–water partition coefficient (Wildman–Crippen LogP) is -0.0479. The number of rotatable bonds is 8. The molecule has 0 aliphatic carbocycles. The second-order valence-corrected chi connectivity index (χ2v) is 5.08. The summed E-state index contributed by atoms with van der Waals surface area (Å²) in [5, 5.41) is 21.6. The Labute approximate surface area is 123 Å². The molecule has 1 rings (SSSR count).